The quantitative estimate of drug-likeness (QED) is 0.271. The number of hydrogen-bond donors (Lipinski definition) is 1. The summed E-state index contributed by atoms with van der Waals surface area (Å²) >= 11 is 1.96. The summed E-state index contributed by atoms with van der Waals surface area (Å²) in [4.78, 5) is 17.5. The van der Waals surface area contributed by atoms with E-state index in [0.29, 0.717) is 29.6 Å². The third-order valence-corrected chi connectivity index (χ3v) is 5.82. The number of nitrogens with zero attached hydrogens (tertiary/aromatic N) is 1. The number of Topliss-reactive ketones (excluding diaryl/α,β-unsaturated/α-hetero) is 1. The Morgan fingerprint density at radius 3 is 2.60 bits per heavy atom. The molecule has 2 atom stereocenters. The lowest BCUT2D eigenvalue weighted by molar-refractivity contribution is -0.116. The molecular weight excluding hydrogens is 330 g/mol. The van der Waals surface area contributed by atoms with Gasteiger partial charge in [-0.2, -0.15) is 11.8 Å². The van der Waals surface area contributed by atoms with Crippen molar-refractivity contribution in [2.75, 3.05) is 12.3 Å². The molecule has 25 heavy (non-hydrogen) atoms. The van der Waals surface area contributed by atoms with E-state index in [4.69, 9.17) is 4.99 Å². The van der Waals surface area contributed by atoms with Gasteiger partial charge in [-0.05, 0) is 37.4 Å². The van der Waals surface area contributed by atoms with Gasteiger partial charge in [-0.15, -0.1) is 0 Å². The first-order valence-corrected chi connectivity index (χ1v) is 11.2. The molecule has 0 unspecified atom stereocenters. The van der Waals surface area contributed by atoms with Crippen LogP contribution >= 0.6 is 11.8 Å². The third-order valence-electron chi connectivity index (χ3n) is 4.73. The summed E-state index contributed by atoms with van der Waals surface area (Å²) in [6.45, 7) is 9.44. The highest BCUT2D eigenvalue weighted by atomic mass is 32.2. The Hall–Kier alpha value is -0.770. The Labute approximate surface area is 158 Å². The SMILES string of the molecule is CCCCCCN=C1C[C@H](C[C@@H](C)SCC)CC(=O)C1=C(O)CCC. The van der Waals surface area contributed by atoms with Gasteiger partial charge in [0, 0.05) is 30.3 Å². The lowest BCUT2D eigenvalue weighted by Crippen LogP contribution is -2.29. The van der Waals surface area contributed by atoms with Crippen LogP contribution in [0.2, 0.25) is 0 Å². The van der Waals surface area contributed by atoms with Crippen molar-refractivity contribution in [2.45, 2.75) is 90.7 Å². The molecule has 0 aromatic rings. The minimum Gasteiger partial charge on any atom is -0.511 e. The first-order chi connectivity index (χ1) is 12.0. The van der Waals surface area contributed by atoms with Crippen molar-refractivity contribution in [1.82, 2.24) is 0 Å². The van der Waals surface area contributed by atoms with Crippen molar-refractivity contribution in [3.8, 4) is 0 Å². The van der Waals surface area contributed by atoms with Crippen molar-refractivity contribution in [1.29, 1.82) is 0 Å². The summed E-state index contributed by atoms with van der Waals surface area (Å²) in [7, 11) is 0. The lowest BCUT2D eigenvalue weighted by Gasteiger charge is -2.27. The number of ketones is 1. The van der Waals surface area contributed by atoms with Gasteiger partial charge >= 0.3 is 0 Å². The predicted molar refractivity (Wildman–Crippen MR) is 111 cm³/mol. The van der Waals surface area contributed by atoms with Gasteiger partial charge in [-0.3, -0.25) is 9.79 Å². The van der Waals surface area contributed by atoms with Crippen LogP contribution in [0.4, 0.5) is 0 Å². The molecule has 144 valence electrons. The number of unbranched alkanes of at least 4 members (excludes halogenated alkanes) is 3. The molecule has 4 heteroatoms. The predicted octanol–water partition coefficient (Wildman–Crippen LogP) is 6.13. The zero-order valence-corrected chi connectivity index (χ0v) is 17.5. The highest BCUT2D eigenvalue weighted by Crippen LogP contribution is 2.32. The number of allylic oxidation sites excluding steroid dienone is 2. The Kier molecular flexibility index (Phi) is 11.2. The summed E-state index contributed by atoms with van der Waals surface area (Å²) < 4.78 is 0. The topological polar surface area (TPSA) is 49.7 Å². The third kappa shape index (κ3) is 7.98. The summed E-state index contributed by atoms with van der Waals surface area (Å²) in [5.74, 6) is 1.84. The van der Waals surface area contributed by atoms with Crippen molar-refractivity contribution in [3.05, 3.63) is 11.3 Å². The molecule has 0 spiro atoms. The van der Waals surface area contributed by atoms with Gasteiger partial charge in [0.2, 0.25) is 0 Å². The van der Waals surface area contributed by atoms with Crippen LogP contribution in [0.15, 0.2) is 16.3 Å². The van der Waals surface area contributed by atoms with E-state index < -0.39 is 0 Å². The average Bonchev–Trinajstić information content (AvgIpc) is 2.54. The van der Waals surface area contributed by atoms with Crippen LogP contribution in [0.1, 0.15) is 85.5 Å². The van der Waals surface area contributed by atoms with Gasteiger partial charge in [0.15, 0.2) is 5.78 Å². The van der Waals surface area contributed by atoms with Crippen molar-refractivity contribution < 1.29 is 9.90 Å². The summed E-state index contributed by atoms with van der Waals surface area (Å²) in [5.41, 5.74) is 1.42. The van der Waals surface area contributed by atoms with E-state index in [-0.39, 0.29) is 11.5 Å². The maximum atomic E-state index is 12.7. The molecule has 0 bridgehead atoms. The number of carbonyl (C=O) groups is 1. The number of aliphatic hydroxyl groups excluding tert-OH is 1. The number of hydrogen-bond acceptors (Lipinski definition) is 4. The van der Waals surface area contributed by atoms with Crippen LogP contribution in [0.5, 0.6) is 0 Å². The fourth-order valence-electron chi connectivity index (χ4n) is 3.55. The standard InChI is InChI=1S/C21H37NO2S/c1-5-8-9-10-12-22-18-14-17(13-16(4)25-7-3)15-20(24)21(18)19(23)11-6-2/h16-17,23H,5-15H2,1-4H3/t16-,17+/m1/s1. The van der Waals surface area contributed by atoms with E-state index in [9.17, 15) is 9.90 Å². The Balaban J connectivity index is 2.85. The van der Waals surface area contributed by atoms with Crippen molar-refractivity contribution in [2.24, 2.45) is 10.9 Å². The van der Waals surface area contributed by atoms with E-state index in [1.165, 1.54) is 19.3 Å². The zero-order chi connectivity index (χ0) is 18.7. The van der Waals surface area contributed by atoms with Crippen LogP contribution in [0, 0.1) is 5.92 Å². The second-order valence-corrected chi connectivity index (χ2v) is 8.88. The maximum absolute atomic E-state index is 12.7. The molecule has 1 saturated carbocycles. The Bertz CT molecular complexity index is 471. The van der Waals surface area contributed by atoms with E-state index in [1.807, 2.05) is 18.7 Å². The smallest absolute Gasteiger partial charge is 0.168 e. The Morgan fingerprint density at radius 1 is 1.20 bits per heavy atom. The second kappa shape index (κ2) is 12.6. The molecule has 1 aliphatic carbocycles. The van der Waals surface area contributed by atoms with Crippen molar-refractivity contribution >= 4 is 23.3 Å². The van der Waals surface area contributed by atoms with E-state index >= 15 is 0 Å². The molecule has 1 aliphatic rings. The number of aliphatic hydroxyl groups is 1. The van der Waals surface area contributed by atoms with Gasteiger partial charge < -0.3 is 5.11 Å². The largest absolute Gasteiger partial charge is 0.511 e. The summed E-state index contributed by atoms with van der Waals surface area (Å²) in [6.07, 6.45) is 8.59. The highest BCUT2D eigenvalue weighted by molar-refractivity contribution is 7.99. The van der Waals surface area contributed by atoms with Crippen LogP contribution in [-0.2, 0) is 4.79 Å². The van der Waals surface area contributed by atoms with E-state index in [2.05, 4.69) is 20.8 Å². The first-order valence-electron chi connectivity index (χ1n) is 10.1. The van der Waals surface area contributed by atoms with Crippen LogP contribution in [0.3, 0.4) is 0 Å². The molecule has 1 rings (SSSR count). The van der Waals surface area contributed by atoms with Crippen LogP contribution in [-0.4, -0.2) is 34.1 Å². The molecule has 0 aromatic carbocycles. The molecule has 3 nitrogen and oxygen atoms in total. The molecule has 0 aliphatic heterocycles. The van der Waals surface area contributed by atoms with Gasteiger partial charge in [0.1, 0.15) is 5.76 Å². The fraction of sp³-hybridized carbons (Fsp3) is 0.810. The van der Waals surface area contributed by atoms with E-state index in [1.54, 1.807) is 0 Å². The zero-order valence-electron chi connectivity index (χ0n) is 16.6. The molecule has 0 amide bonds. The van der Waals surface area contributed by atoms with Gasteiger partial charge in [-0.25, -0.2) is 0 Å². The van der Waals surface area contributed by atoms with Gasteiger partial charge in [-0.1, -0.05) is 47.0 Å². The van der Waals surface area contributed by atoms with Crippen LogP contribution < -0.4 is 0 Å². The number of rotatable bonds is 11. The average molecular weight is 368 g/mol. The maximum Gasteiger partial charge on any atom is 0.168 e. The molecular formula is C21H37NO2S. The van der Waals surface area contributed by atoms with Gasteiger partial charge in [0.05, 0.1) is 5.57 Å². The van der Waals surface area contributed by atoms with Crippen molar-refractivity contribution in [3.63, 3.8) is 0 Å². The molecule has 0 saturated heterocycles. The Morgan fingerprint density at radius 2 is 1.96 bits per heavy atom. The summed E-state index contributed by atoms with van der Waals surface area (Å²) in [6, 6.07) is 0. The molecule has 0 radical (unpaired) electrons. The number of carbonyl (C=O) groups excluding carboxylic acids is 1. The minimum absolute atomic E-state index is 0.100. The molecule has 1 fully saturated rings. The molecule has 0 aromatic heterocycles. The first kappa shape index (κ1) is 22.3. The highest BCUT2D eigenvalue weighted by Gasteiger charge is 2.31. The van der Waals surface area contributed by atoms with Crippen LogP contribution in [0.25, 0.3) is 0 Å². The normalized spacial score (nSPS) is 23.1. The monoisotopic (exact) mass is 367 g/mol. The number of aliphatic imine (C=N–C) groups is 1. The minimum atomic E-state index is 0.100. The fourth-order valence-corrected chi connectivity index (χ4v) is 4.52. The second-order valence-electron chi connectivity index (χ2n) is 7.16. The van der Waals surface area contributed by atoms with E-state index in [0.717, 1.165) is 43.7 Å². The number of thioether (sulfide) groups is 1. The summed E-state index contributed by atoms with van der Waals surface area (Å²) in [5, 5.41) is 11.0. The molecule has 1 N–H and O–H groups in total. The van der Waals surface area contributed by atoms with Gasteiger partial charge in [0.25, 0.3) is 0 Å². The molecule has 0 heterocycles. The lowest BCUT2D eigenvalue weighted by atomic mass is 9.80.